The van der Waals surface area contributed by atoms with Crippen LogP contribution in [-0.4, -0.2) is 42.1 Å². The molecule has 0 saturated carbocycles. The lowest BCUT2D eigenvalue weighted by molar-refractivity contribution is -0.151. The zero-order chi connectivity index (χ0) is 11.5. The Kier molecular flexibility index (Phi) is 3.56. The second-order valence-electron chi connectivity index (χ2n) is 3.97. The molecule has 0 bridgehead atoms. The number of carbonyl (C=O) groups is 1. The maximum Gasteiger partial charge on any atom is 0.323 e. The number of aromatic nitrogens is 1. The fourth-order valence-electron chi connectivity index (χ4n) is 1.89. The average Bonchev–Trinajstić information content (AvgIpc) is 2.62. The highest BCUT2D eigenvalue weighted by Gasteiger charge is 2.34. The smallest absolute Gasteiger partial charge is 0.323 e. The summed E-state index contributed by atoms with van der Waals surface area (Å²) < 4.78 is 4.75. The quantitative estimate of drug-likeness (QED) is 0.743. The topological polar surface area (TPSA) is 42.4 Å². The number of esters is 1. The van der Waals surface area contributed by atoms with Crippen molar-refractivity contribution in [3.63, 3.8) is 0 Å². The van der Waals surface area contributed by atoms with E-state index in [1.807, 2.05) is 6.92 Å². The number of carbonyl (C=O) groups excluding carboxylic acids is 1. The van der Waals surface area contributed by atoms with Crippen LogP contribution in [0.5, 0.6) is 0 Å². The molecule has 2 rings (SSSR count). The monoisotopic (exact) mass is 240 g/mol. The number of hydrogen-bond donors (Lipinski definition) is 0. The van der Waals surface area contributed by atoms with E-state index in [0.717, 1.165) is 36.6 Å². The second-order valence-corrected chi connectivity index (χ2v) is 5.03. The molecule has 0 aliphatic carbocycles. The van der Waals surface area contributed by atoms with Crippen LogP contribution in [0, 0.1) is 6.92 Å². The lowest BCUT2D eigenvalue weighted by atomic mass is 10.0. The maximum absolute atomic E-state index is 11.3. The molecule has 0 aromatic carbocycles. The Morgan fingerprint density at radius 2 is 2.56 bits per heavy atom. The van der Waals surface area contributed by atoms with E-state index in [0.29, 0.717) is 0 Å². The van der Waals surface area contributed by atoms with Crippen LogP contribution in [0.1, 0.15) is 17.1 Å². The highest BCUT2D eigenvalue weighted by molar-refractivity contribution is 7.09. The van der Waals surface area contributed by atoms with Gasteiger partial charge in [0, 0.05) is 24.9 Å². The number of nitrogens with zero attached hydrogens (tertiary/aromatic N) is 2. The summed E-state index contributed by atoms with van der Waals surface area (Å²) in [6.07, 6.45) is 1.83. The van der Waals surface area contributed by atoms with Crippen LogP contribution in [0.4, 0.5) is 0 Å². The van der Waals surface area contributed by atoms with E-state index in [2.05, 4.69) is 15.3 Å². The van der Waals surface area contributed by atoms with Crippen LogP contribution in [0.15, 0.2) is 5.38 Å². The Balaban J connectivity index is 1.80. The number of likely N-dealkylation sites (tertiary alicyclic amines) is 1. The molecule has 88 valence electrons. The lowest BCUT2D eigenvalue weighted by Crippen LogP contribution is -2.53. The van der Waals surface area contributed by atoms with E-state index in [9.17, 15) is 4.79 Å². The van der Waals surface area contributed by atoms with Crippen molar-refractivity contribution >= 4 is 17.3 Å². The highest BCUT2D eigenvalue weighted by atomic mass is 32.1. The van der Waals surface area contributed by atoms with Crippen LogP contribution in [0.2, 0.25) is 0 Å². The molecule has 1 saturated heterocycles. The summed E-state index contributed by atoms with van der Waals surface area (Å²) >= 11 is 1.67. The summed E-state index contributed by atoms with van der Waals surface area (Å²) in [6.45, 7) is 3.89. The lowest BCUT2D eigenvalue weighted by Gasteiger charge is -2.38. The third kappa shape index (κ3) is 2.41. The molecule has 1 fully saturated rings. The highest BCUT2D eigenvalue weighted by Crippen LogP contribution is 2.19. The Bertz CT molecular complexity index is 378. The molecule has 1 aliphatic heterocycles. The molecule has 1 atom stereocenters. The van der Waals surface area contributed by atoms with E-state index >= 15 is 0 Å². The summed E-state index contributed by atoms with van der Waals surface area (Å²) in [7, 11) is 1.45. The predicted octanol–water partition coefficient (Wildman–Crippen LogP) is 1.24. The van der Waals surface area contributed by atoms with E-state index in [-0.39, 0.29) is 12.0 Å². The van der Waals surface area contributed by atoms with Crippen molar-refractivity contribution < 1.29 is 9.53 Å². The summed E-state index contributed by atoms with van der Waals surface area (Å²) in [6, 6.07) is -0.0234. The van der Waals surface area contributed by atoms with Crippen LogP contribution >= 0.6 is 11.3 Å². The summed E-state index contributed by atoms with van der Waals surface area (Å²) in [5, 5.41) is 3.19. The van der Waals surface area contributed by atoms with Gasteiger partial charge < -0.3 is 4.74 Å². The van der Waals surface area contributed by atoms with Gasteiger partial charge in [-0.05, 0) is 13.3 Å². The van der Waals surface area contributed by atoms with Gasteiger partial charge in [-0.25, -0.2) is 4.98 Å². The van der Waals surface area contributed by atoms with Crippen LogP contribution in [0.25, 0.3) is 0 Å². The largest absolute Gasteiger partial charge is 0.468 e. The molecular weight excluding hydrogens is 224 g/mol. The minimum atomic E-state index is -0.110. The van der Waals surface area contributed by atoms with Gasteiger partial charge in [-0.1, -0.05) is 0 Å². The van der Waals surface area contributed by atoms with Crippen molar-refractivity contribution in [1.29, 1.82) is 0 Å². The zero-order valence-electron chi connectivity index (χ0n) is 9.60. The third-order valence-electron chi connectivity index (χ3n) is 2.93. The first-order valence-electron chi connectivity index (χ1n) is 5.43. The number of aryl methyl sites for hydroxylation is 1. The molecule has 4 nitrogen and oxygen atoms in total. The van der Waals surface area contributed by atoms with Crippen LogP contribution in [0.3, 0.4) is 0 Å². The Morgan fingerprint density at radius 1 is 1.75 bits per heavy atom. The second kappa shape index (κ2) is 4.93. The standard InChI is InChI=1S/C11H16N2O2S/c1-8-12-9(7-16-8)3-5-13-6-4-10(13)11(14)15-2/h7,10H,3-6H2,1-2H3. The van der Waals surface area contributed by atoms with Crippen molar-refractivity contribution in [3.8, 4) is 0 Å². The Hall–Kier alpha value is -0.940. The van der Waals surface area contributed by atoms with Gasteiger partial charge in [0.15, 0.2) is 0 Å². The molecule has 0 radical (unpaired) electrons. The Morgan fingerprint density at radius 3 is 3.06 bits per heavy atom. The fourth-order valence-corrected chi connectivity index (χ4v) is 2.54. The van der Waals surface area contributed by atoms with E-state index in [1.54, 1.807) is 11.3 Å². The summed E-state index contributed by atoms with van der Waals surface area (Å²) in [5.41, 5.74) is 1.12. The third-order valence-corrected chi connectivity index (χ3v) is 3.75. The predicted molar refractivity (Wildman–Crippen MR) is 62.5 cm³/mol. The molecule has 1 aliphatic rings. The number of ether oxygens (including phenoxy) is 1. The van der Waals surface area contributed by atoms with Gasteiger partial charge >= 0.3 is 5.97 Å². The minimum Gasteiger partial charge on any atom is -0.468 e. The van der Waals surface area contributed by atoms with Gasteiger partial charge in [0.1, 0.15) is 6.04 Å². The number of hydrogen-bond acceptors (Lipinski definition) is 5. The molecule has 0 spiro atoms. The van der Waals surface area contributed by atoms with Gasteiger partial charge in [0.25, 0.3) is 0 Å². The molecule has 1 aromatic heterocycles. The van der Waals surface area contributed by atoms with Gasteiger partial charge in [-0.15, -0.1) is 11.3 Å². The van der Waals surface area contributed by atoms with Crippen molar-refractivity contribution in [3.05, 3.63) is 16.1 Å². The molecule has 5 heteroatoms. The molecular formula is C11H16N2O2S. The number of methoxy groups -OCH3 is 1. The number of rotatable bonds is 4. The molecule has 2 heterocycles. The van der Waals surface area contributed by atoms with Crippen molar-refractivity contribution in [2.45, 2.75) is 25.8 Å². The molecule has 1 unspecified atom stereocenters. The van der Waals surface area contributed by atoms with Crippen LogP contribution < -0.4 is 0 Å². The van der Waals surface area contributed by atoms with Crippen molar-refractivity contribution in [1.82, 2.24) is 9.88 Å². The molecule has 16 heavy (non-hydrogen) atoms. The van der Waals surface area contributed by atoms with Crippen molar-refractivity contribution in [2.24, 2.45) is 0 Å². The van der Waals surface area contributed by atoms with Gasteiger partial charge in [-0.3, -0.25) is 9.69 Å². The molecule has 0 amide bonds. The van der Waals surface area contributed by atoms with Crippen LogP contribution in [-0.2, 0) is 16.0 Å². The maximum atomic E-state index is 11.3. The first kappa shape index (κ1) is 11.5. The van der Waals surface area contributed by atoms with Gasteiger partial charge in [0.2, 0.25) is 0 Å². The normalized spacial score (nSPS) is 20.5. The Labute approximate surface area is 99.2 Å². The summed E-state index contributed by atoms with van der Waals surface area (Å²) in [5.74, 6) is -0.110. The van der Waals surface area contributed by atoms with E-state index < -0.39 is 0 Å². The molecule has 0 N–H and O–H groups in total. The van der Waals surface area contributed by atoms with Gasteiger partial charge in [0.05, 0.1) is 17.8 Å². The molecule has 1 aromatic rings. The van der Waals surface area contributed by atoms with Gasteiger partial charge in [-0.2, -0.15) is 0 Å². The minimum absolute atomic E-state index is 0.0234. The van der Waals surface area contributed by atoms with Crippen molar-refractivity contribution in [2.75, 3.05) is 20.2 Å². The summed E-state index contributed by atoms with van der Waals surface area (Å²) in [4.78, 5) is 17.9. The van der Waals surface area contributed by atoms with E-state index in [4.69, 9.17) is 4.74 Å². The number of thiazole rings is 1. The first-order valence-corrected chi connectivity index (χ1v) is 6.31. The van der Waals surface area contributed by atoms with E-state index in [1.165, 1.54) is 7.11 Å². The first-order chi connectivity index (χ1) is 7.70. The average molecular weight is 240 g/mol. The zero-order valence-corrected chi connectivity index (χ0v) is 10.4. The fraction of sp³-hybridized carbons (Fsp3) is 0.636. The SMILES string of the molecule is COC(=O)C1CCN1CCc1csc(C)n1.